The summed E-state index contributed by atoms with van der Waals surface area (Å²) in [5.41, 5.74) is 5.28. The highest BCUT2D eigenvalue weighted by molar-refractivity contribution is 5.44. The van der Waals surface area contributed by atoms with Crippen molar-refractivity contribution in [2.24, 2.45) is 5.41 Å². The molecule has 0 saturated heterocycles. The molecule has 0 aliphatic heterocycles. The van der Waals surface area contributed by atoms with Crippen LogP contribution in [0.25, 0.3) is 0 Å². The van der Waals surface area contributed by atoms with Crippen LogP contribution in [0.5, 0.6) is 0 Å². The van der Waals surface area contributed by atoms with E-state index in [2.05, 4.69) is 13.8 Å². The van der Waals surface area contributed by atoms with Gasteiger partial charge in [-0.25, -0.2) is 0 Å². The Labute approximate surface area is 148 Å². The molecule has 1 fully saturated rings. The topological polar surface area (TPSA) is 53.4 Å². The molecule has 2 aliphatic rings. The van der Waals surface area contributed by atoms with Crippen LogP contribution in [0.2, 0.25) is 0 Å². The van der Waals surface area contributed by atoms with E-state index in [-0.39, 0.29) is 12.0 Å². The highest BCUT2D eigenvalue weighted by Gasteiger charge is 2.36. The predicted octanol–water partition coefficient (Wildman–Crippen LogP) is 5.21. The Balaban J connectivity index is 0.000000671. The van der Waals surface area contributed by atoms with E-state index < -0.39 is 6.10 Å². The second-order valence-corrected chi connectivity index (χ2v) is 7.31. The molecule has 2 aliphatic carbocycles. The summed E-state index contributed by atoms with van der Waals surface area (Å²) < 4.78 is 0. The quantitative estimate of drug-likeness (QED) is 0.780. The van der Waals surface area contributed by atoms with Crippen LogP contribution in [0.1, 0.15) is 107 Å². The molecule has 3 nitrogen and oxygen atoms in total. The van der Waals surface area contributed by atoms with Crippen molar-refractivity contribution in [3.05, 3.63) is 28.1 Å². The summed E-state index contributed by atoms with van der Waals surface area (Å²) in [5, 5.41) is 20.2. The molecule has 1 saturated carbocycles. The first-order valence-electron chi connectivity index (χ1n) is 9.74. The summed E-state index contributed by atoms with van der Waals surface area (Å²) in [6.07, 6.45) is 4.89. The van der Waals surface area contributed by atoms with Crippen LogP contribution in [0.3, 0.4) is 0 Å². The maximum Gasteiger partial charge on any atom is 0.0815 e. The minimum absolute atomic E-state index is 0.0358. The van der Waals surface area contributed by atoms with Crippen molar-refractivity contribution >= 4 is 0 Å². The molecule has 1 aromatic rings. The highest BCUT2D eigenvalue weighted by Crippen LogP contribution is 2.45. The molecule has 3 heteroatoms. The van der Waals surface area contributed by atoms with E-state index >= 15 is 0 Å². The lowest BCUT2D eigenvalue weighted by Gasteiger charge is -2.37. The summed E-state index contributed by atoms with van der Waals surface area (Å²) >= 11 is 0. The zero-order chi connectivity index (χ0) is 18.5. The van der Waals surface area contributed by atoms with Gasteiger partial charge < -0.3 is 10.2 Å². The lowest BCUT2D eigenvalue weighted by Crippen LogP contribution is -2.29. The molecular weight excluding hydrogens is 298 g/mol. The first-order valence-corrected chi connectivity index (χ1v) is 9.74. The van der Waals surface area contributed by atoms with Crippen LogP contribution in [0.4, 0.5) is 0 Å². The molecule has 1 aromatic heterocycles. The zero-order valence-electron chi connectivity index (χ0n) is 16.7. The van der Waals surface area contributed by atoms with Crippen molar-refractivity contribution in [3.8, 4) is 0 Å². The van der Waals surface area contributed by atoms with Crippen molar-refractivity contribution in [2.75, 3.05) is 0 Å². The maximum atomic E-state index is 10.5. The first kappa shape index (κ1) is 21.1. The van der Waals surface area contributed by atoms with Gasteiger partial charge in [0.05, 0.1) is 12.7 Å². The average Bonchev–Trinajstić information content (AvgIpc) is 2.48. The number of aliphatic hydroxyl groups is 2. The number of nitrogens with zero attached hydrogens (tertiary/aromatic N) is 1. The molecule has 0 radical (unpaired) electrons. The monoisotopic (exact) mass is 335 g/mol. The summed E-state index contributed by atoms with van der Waals surface area (Å²) in [6, 6.07) is 0. The van der Waals surface area contributed by atoms with E-state index in [9.17, 15) is 10.2 Å². The normalized spacial score (nSPS) is 21.5. The van der Waals surface area contributed by atoms with Crippen LogP contribution < -0.4 is 0 Å². The molecule has 1 unspecified atom stereocenters. The number of aromatic nitrogens is 1. The zero-order valence-corrected chi connectivity index (χ0v) is 16.7. The Morgan fingerprint density at radius 1 is 1.12 bits per heavy atom. The van der Waals surface area contributed by atoms with Gasteiger partial charge in [-0.05, 0) is 43.6 Å². The number of aliphatic hydroxyl groups excluding tert-OH is 2. The van der Waals surface area contributed by atoms with Gasteiger partial charge in [-0.15, -0.1) is 0 Å². The van der Waals surface area contributed by atoms with Gasteiger partial charge in [0.15, 0.2) is 0 Å². The Kier molecular flexibility index (Phi) is 7.88. The third-order valence-corrected chi connectivity index (χ3v) is 5.11. The van der Waals surface area contributed by atoms with Gasteiger partial charge in [0.25, 0.3) is 0 Å². The third-order valence-electron chi connectivity index (χ3n) is 5.11. The first-order chi connectivity index (χ1) is 11.4. The molecule has 0 bridgehead atoms. The molecule has 1 heterocycles. The van der Waals surface area contributed by atoms with Crippen LogP contribution in [0, 0.1) is 12.3 Å². The van der Waals surface area contributed by atoms with E-state index in [0.717, 1.165) is 40.9 Å². The fourth-order valence-corrected chi connectivity index (χ4v) is 3.79. The van der Waals surface area contributed by atoms with Gasteiger partial charge in [-0.3, -0.25) is 4.98 Å². The second kappa shape index (κ2) is 8.96. The largest absolute Gasteiger partial charge is 0.392 e. The van der Waals surface area contributed by atoms with Crippen molar-refractivity contribution < 1.29 is 10.2 Å². The van der Waals surface area contributed by atoms with Crippen LogP contribution in [0.15, 0.2) is 0 Å². The summed E-state index contributed by atoms with van der Waals surface area (Å²) in [5.74, 6) is 0.517. The molecule has 3 rings (SSSR count). The van der Waals surface area contributed by atoms with E-state index in [1.807, 2.05) is 34.6 Å². The Hall–Kier alpha value is -0.930. The number of hydrogen-bond donors (Lipinski definition) is 2. The SMILES string of the molecule is CC.CC.Cc1c(CO)c(C2CCC2)nc2c1C(O)CC(C)(C)C2. The highest BCUT2D eigenvalue weighted by atomic mass is 16.3. The Morgan fingerprint density at radius 3 is 2.17 bits per heavy atom. The average molecular weight is 336 g/mol. The van der Waals surface area contributed by atoms with Gasteiger partial charge in [-0.1, -0.05) is 48.0 Å². The smallest absolute Gasteiger partial charge is 0.0815 e. The molecule has 138 valence electrons. The predicted molar refractivity (Wildman–Crippen MR) is 101 cm³/mol. The van der Waals surface area contributed by atoms with Crippen LogP contribution >= 0.6 is 0 Å². The minimum atomic E-state index is -0.443. The van der Waals surface area contributed by atoms with Crippen molar-refractivity contribution in [3.63, 3.8) is 0 Å². The van der Waals surface area contributed by atoms with Gasteiger partial charge in [0, 0.05) is 28.4 Å². The fourth-order valence-electron chi connectivity index (χ4n) is 3.79. The molecule has 0 aromatic carbocycles. The Bertz CT molecular complexity index is 533. The van der Waals surface area contributed by atoms with E-state index in [1.165, 1.54) is 19.3 Å². The van der Waals surface area contributed by atoms with Gasteiger partial charge in [0.1, 0.15) is 0 Å². The third kappa shape index (κ3) is 4.18. The van der Waals surface area contributed by atoms with Crippen LogP contribution in [-0.2, 0) is 13.0 Å². The molecule has 0 spiro atoms. The number of pyridine rings is 1. The lowest BCUT2D eigenvalue weighted by molar-refractivity contribution is 0.0969. The molecule has 1 atom stereocenters. The second-order valence-electron chi connectivity index (χ2n) is 7.31. The lowest BCUT2D eigenvalue weighted by atomic mass is 9.72. The number of fused-ring (bicyclic) bond motifs is 1. The summed E-state index contributed by atoms with van der Waals surface area (Å²) in [6.45, 7) is 14.5. The number of hydrogen-bond acceptors (Lipinski definition) is 3. The molecule has 2 N–H and O–H groups in total. The van der Waals surface area contributed by atoms with Crippen molar-refractivity contribution in [1.29, 1.82) is 0 Å². The van der Waals surface area contributed by atoms with Gasteiger partial charge >= 0.3 is 0 Å². The fraction of sp³-hybridized carbons (Fsp3) is 0.762. The maximum absolute atomic E-state index is 10.5. The molecule has 0 amide bonds. The van der Waals surface area contributed by atoms with Crippen molar-refractivity contribution in [1.82, 2.24) is 4.98 Å². The van der Waals surface area contributed by atoms with Gasteiger partial charge in [0.2, 0.25) is 0 Å². The van der Waals surface area contributed by atoms with E-state index in [1.54, 1.807) is 0 Å². The summed E-state index contributed by atoms with van der Waals surface area (Å²) in [7, 11) is 0. The summed E-state index contributed by atoms with van der Waals surface area (Å²) in [4.78, 5) is 4.89. The van der Waals surface area contributed by atoms with E-state index in [4.69, 9.17) is 4.98 Å². The molecule has 24 heavy (non-hydrogen) atoms. The van der Waals surface area contributed by atoms with Gasteiger partial charge in [-0.2, -0.15) is 0 Å². The standard InChI is InChI=1S/C17H25NO2.2C2H6/c1-10-12(9-19)16(11-5-4-6-11)18-13-7-17(2,3)8-14(20)15(10)13;2*1-2/h11,14,19-20H,4-9H2,1-3H3;2*1-2H3. The van der Waals surface area contributed by atoms with Crippen LogP contribution in [-0.4, -0.2) is 15.2 Å². The minimum Gasteiger partial charge on any atom is -0.392 e. The number of rotatable bonds is 2. The van der Waals surface area contributed by atoms with Crippen molar-refractivity contribution in [2.45, 2.75) is 99.2 Å². The Morgan fingerprint density at radius 2 is 1.71 bits per heavy atom. The molecular formula is C21H37NO2. The van der Waals surface area contributed by atoms with E-state index in [0.29, 0.717) is 5.92 Å².